The fourth-order valence-electron chi connectivity index (χ4n) is 1.85. The van der Waals surface area contributed by atoms with Crippen molar-refractivity contribution in [3.63, 3.8) is 0 Å². The van der Waals surface area contributed by atoms with Gasteiger partial charge < -0.3 is 4.57 Å². The third-order valence-electron chi connectivity index (χ3n) is 2.76. The van der Waals surface area contributed by atoms with E-state index in [0.717, 1.165) is 29.7 Å². The topological polar surface area (TPSA) is 47.8 Å². The number of fused-ring (bicyclic) bond motifs is 1. The summed E-state index contributed by atoms with van der Waals surface area (Å²) < 4.78 is 2.22. The summed E-state index contributed by atoms with van der Waals surface area (Å²) in [5.41, 5.74) is 0. The molecule has 0 amide bonds. The van der Waals surface area contributed by atoms with E-state index in [0.29, 0.717) is 6.42 Å². The maximum absolute atomic E-state index is 10.9. The van der Waals surface area contributed by atoms with E-state index in [1.807, 2.05) is 0 Å². The molecule has 0 aromatic carbocycles. The van der Waals surface area contributed by atoms with Crippen molar-refractivity contribution in [2.75, 3.05) is 5.75 Å². The van der Waals surface area contributed by atoms with Gasteiger partial charge >= 0.3 is 0 Å². The highest BCUT2D eigenvalue weighted by molar-refractivity contribution is 7.99. The van der Waals surface area contributed by atoms with Crippen LogP contribution in [0.25, 0.3) is 0 Å². The van der Waals surface area contributed by atoms with Gasteiger partial charge in [-0.2, -0.15) is 0 Å². The van der Waals surface area contributed by atoms with E-state index < -0.39 is 0 Å². The van der Waals surface area contributed by atoms with Crippen LogP contribution in [0.15, 0.2) is 5.16 Å². The molecule has 2 rings (SSSR count). The molecule has 4 nitrogen and oxygen atoms in total. The van der Waals surface area contributed by atoms with Crippen molar-refractivity contribution in [1.29, 1.82) is 0 Å². The van der Waals surface area contributed by atoms with Crippen molar-refractivity contribution < 1.29 is 4.79 Å². The van der Waals surface area contributed by atoms with Crippen molar-refractivity contribution in [2.24, 2.45) is 0 Å². The SMILES string of the molecule is CC(=O)CCSc1nnc2n1CCCCC2. The first-order valence-corrected chi connectivity index (χ1v) is 6.80. The van der Waals surface area contributed by atoms with Crippen LogP contribution in [0.3, 0.4) is 0 Å². The minimum atomic E-state index is 0.239. The number of carbonyl (C=O) groups excluding carboxylic acids is 1. The zero-order chi connectivity index (χ0) is 11.4. The smallest absolute Gasteiger partial charge is 0.191 e. The Morgan fingerprint density at radius 1 is 1.38 bits per heavy atom. The van der Waals surface area contributed by atoms with Crippen LogP contribution in [0.2, 0.25) is 0 Å². The van der Waals surface area contributed by atoms with E-state index in [-0.39, 0.29) is 5.78 Å². The van der Waals surface area contributed by atoms with Crippen LogP contribution in [0.4, 0.5) is 0 Å². The summed E-state index contributed by atoms with van der Waals surface area (Å²) in [6.07, 6.45) is 5.37. The molecule has 1 aliphatic heterocycles. The van der Waals surface area contributed by atoms with Crippen LogP contribution < -0.4 is 0 Å². The Bertz CT molecular complexity index is 375. The molecule has 0 saturated carbocycles. The number of aromatic nitrogens is 3. The molecule has 1 aliphatic rings. The molecular weight excluding hydrogens is 222 g/mol. The minimum Gasteiger partial charge on any atom is -0.306 e. The Morgan fingerprint density at radius 3 is 3.06 bits per heavy atom. The summed E-state index contributed by atoms with van der Waals surface area (Å²) in [5.74, 6) is 2.17. The number of aryl methyl sites for hydroxylation is 1. The highest BCUT2D eigenvalue weighted by Crippen LogP contribution is 2.22. The van der Waals surface area contributed by atoms with E-state index in [9.17, 15) is 4.79 Å². The van der Waals surface area contributed by atoms with E-state index in [4.69, 9.17) is 0 Å². The van der Waals surface area contributed by atoms with Gasteiger partial charge in [-0.1, -0.05) is 18.2 Å². The monoisotopic (exact) mass is 239 g/mol. The molecule has 0 bridgehead atoms. The molecule has 5 heteroatoms. The number of ketones is 1. The number of Topliss-reactive ketones (excluding diaryl/α,β-unsaturated/α-hetero) is 1. The molecule has 0 aliphatic carbocycles. The predicted molar refractivity (Wildman–Crippen MR) is 63.6 cm³/mol. The van der Waals surface area contributed by atoms with Crippen molar-refractivity contribution in [3.05, 3.63) is 5.82 Å². The lowest BCUT2D eigenvalue weighted by atomic mass is 10.2. The van der Waals surface area contributed by atoms with E-state index in [1.165, 1.54) is 19.3 Å². The van der Waals surface area contributed by atoms with Gasteiger partial charge in [0.25, 0.3) is 0 Å². The first kappa shape index (κ1) is 11.6. The molecule has 2 heterocycles. The number of hydrogen-bond acceptors (Lipinski definition) is 4. The molecule has 0 saturated heterocycles. The quantitative estimate of drug-likeness (QED) is 0.755. The lowest BCUT2D eigenvalue weighted by molar-refractivity contribution is -0.116. The normalized spacial score (nSPS) is 15.6. The van der Waals surface area contributed by atoms with Gasteiger partial charge in [-0.25, -0.2) is 0 Å². The molecule has 1 aromatic heterocycles. The third kappa shape index (κ3) is 2.84. The molecule has 88 valence electrons. The van der Waals surface area contributed by atoms with Gasteiger partial charge in [-0.15, -0.1) is 10.2 Å². The minimum absolute atomic E-state index is 0.239. The molecule has 0 spiro atoms. The highest BCUT2D eigenvalue weighted by atomic mass is 32.2. The van der Waals surface area contributed by atoms with Crippen LogP contribution in [-0.2, 0) is 17.8 Å². The van der Waals surface area contributed by atoms with Crippen LogP contribution >= 0.6 is 11.8 Å². The fourth-order valence-corrected chi connectivity index (χ4v) is 2.87. The molecule has 16 heavy (non-hydrogen) atoms. The standard InChI is InChI=1S/C11H17N3OS/c1-9(15)6-8-16-11-13-12-10-5-3-2-4-7-14(10)11/h2-8H2,1H3. The van der Waals surface area contributed by atoms with Crippen LogP contribution in [0.1, 0.15) is 38.4 Å². The maximum atomic E-state index is 10.9. The first-order valence-electron chi connectivity index (χ1n) is 5.81. The van der Waals surface area contributed by atoms with E-state index in [1.54, 1.807) is 18.7 Å². The molecule has 0 atom stereocenters. The lowest BCUT2D eigenvalue weighted by Gasteiger charge is -2.05. The summed E-state index contributed by atoms with van der Waals surface area (Å²) in [4.78, 5) is 10.9. The lowest BCUT2D eigenvalue weighted by Crippen LogP contribution is -2.03. The molecule has 0 fully saturated rings. The predicted octanol–water partition coefficient (Wildman–Crippen LogP) is 2.08. The Kier molecular flexibility index (Phi) is 3.98. The maximum Gasteiger partial charge on any atom is 0.191 e. The van der Waals surface area contributed by atoms with Crippen molar-refractivity contribution in [1.82, 2.24) is 14.8 Å². The second-order valence-corrected chi connectivity index (χ2v) is 5.22. The number of nitrogens with zero attached hydrogens (tertiary/aromatic N) is 3. The summed E-state index contributed by atoms with van der Waals surface area (Å²) >= 11 is 1.65. The summed E-state index contributed by atoms with van der Waals surface area (Å²) in [5, 5.41) is 9.41. The molecular formula is C11H17N3OS. The number of carbonyl (C=O) groups is 1. The summed E-state index contributed by atoms with van der Waals surface area (Å²) in [7, 11) is 0. The van der Waals surface area contributed by atoms with Crippen molar-refractivity contribution >= 4 is 17.5 Å². The largest absolute Gasteiger partial charge is 0.306 e. The van der Waals surface area contributed by atoms with Gasteiger partial charge in [0.05, 0.1) is 0 Å². The Morgan fingerprint density at radius 2 is 2.25 bits per heavy atom. The van der Waals surface area contributed by atoms with Crippen molar-refractivity contribution in [2.45, 2.75) is 50.7 Å². The van der Waals surface area contributed by atoms with Crippen LogP contribution in [0, 0.1) is 0 Å². The van der Waals surface area contributed by atoms with Gasteiger partial charge in [0.15, 0.2) is 5.16 Å². The Hall–Kier alpha value is -0.840. The summed E-state index contributed by atoms with van der Waals surface area (Å²) in [6, 6.07) is 0. The Balaban J connectivity index is 1.99. The van der Waals surface area contributed by atoms with Gasteiger partial charge in [-0.3, -0.25) is 4.79 Å². The van der Waals surface area contributed by atoms with Gasteiger partial charge in [0, 0.05) is 25.1 Å². The van der Waals surface area contributed by atoms with Crippen LogP contribution in [-0.4, -0.2) is 26.3 Å². The second-order valence-electron chi connectivity index (χ2n) is 4.16. The first-order chi connectivity index (χ1) is 7.77. The molecule has 0 N–H and O–H groups in total. The fraction of sp³-hybridized carbons (Fsp3) is 0.727. The van der Waals surface area contributed by atoms with Gasteiger partial charge in [0.2, 0.25) is 0 Å². The van der Waals surface area contributed by atoms with Crippen molar-refractivity contribution in [3.8, 4) is 0 Å². The second kappa shape index (κ2) is 5.48. The highest BCUT2D eigenvalue weighted by Gasteiger charge is 2.14. The zero-order valence-electron chi connectivity index (χ0n) is 9.61. The zero-order valence-corrected chi connectivity index (χ0v) is 10.4. The van der Waals surface area contributed by atoms with E-state index >= 15 is 0 Å². The molecule has 0 radical (unpaired) electrons. The number of thioether (sulfide) groups is 1. The molecule has 1 aromatic rings. The number of rotatable bonds is 4. The van der Waals surface area contributed by atoms with Crippen LogP contribution in [0.5, 0.6) is 0 Å². The average molecular weight is 239 g/mol. The van der Waals surface area contributed by atoms with Gasteiger partial charge in [-0.05, 0) is 19.8 Å². The number of hydrogen-bond donors (Lipinski definition) is 0. The Labute approximate surface area is 99.8 Å². The average Bonchev–Trinajstić information content (AvgIpc) is 2.49. The summed E-state index contributed by atoms with van der Waals surface area (Å²) in [6.45, 7) is 2.66. The van der Waals surface area contributed by atoms with E-state index in [2.05, 4.69) is 14.8 Å². The molecule has 0 unspecified atom stereocenters. The van der Waals surface area contributed by atoms with Gasteiger partial charge in [0.1, 0.15) is 11.6 Å². The third-order valence-corrected chi connectivity index (χ3v) is 3.73.